The highest BCUT2D eigenvalue weighted by molar-refractivity contribution is 5.73. The van der Waals surface area contributed by atoms with E-state index >= 15 is 0 Å². The minimum atomic E-state index is -0.508. The number of ether oxygens (including phenoxy) is 1. The summed E-state index contributed by atoms with van der Waals surface area (Å²) in [6.07, 6.45) is 1.12. The Kier molecular flexibility index (Phi) is 3.09. The lowest BCUT2D eigenvalue weighted by molar-refractivity contribution is -0.166. The van der Waals surface area contributed by atoms with E-state index in [1.54, 1.807) is 0 Å². The highest BCUT2D eigenvalue weighted by Gasteiger charge is 2.36. The zero-order valence-corrected chi connectivity index (χ0v) is 7.62. The Morgan fingerprint density at radius 3 is 2.92 bits per heavy atom. The van der Waals surface area contributed by atoms with E-state index in [1.165, 1.54) is 0 Å². The number of hydrogen-bond acceptors (Lipinski definition) is 3. The van der Waals surface area contributed by atoms with Gasteiger partial charge in [0.1, 0.15) is 0 Å². The van der Waals surface area contributed by atoms with Crippen LogP contribution in [0.1, 0.15) is 26.7 Å². The van der Waals surface area contributed by atoms with Gasteiger partial charge >= 0.3 is 5.97 Å². The Balaban J connectivity index is 2.58. The van der Waals surface area contributed by atoms with Crippen molar-refractivity contribution in [3.63, 3.8) is 0 Å². The Hall–Kier alpha value is -0.570. The molecule has 0 radical (unpaired) electrons. The van der Waals surface area contributed by atoms with Crippen molar-refractivity contribution < 1.29 is 14.6 Å². The zero-order valence-electron chi connectivity index (χ0n) is 7.62. The number of carbonyl (C=O) groups is 1. The third kappa shape index (κ3) is 1.78. The molecule has 0 aliphatic carbocycles. The van der Waals surface area contributed by atoms with E-state index < -0.39 is 6.10 Å². The van der Waals surface area contributed by atoms with E-state index in [0.29, 0.717) is 6.61 Å². The molecule has 0 aromatic carbocycles. The molecule has 1 saturated heterocycles. The van der Waals surface area contributed by atoms with Crippen LogP contribution in [-0.4, -0.2) is 23.8 Å². The Bertz CT molecular complexity index is 167. The molecule has 3 atom stereocenters. The summed E-state index contributed by atoms with van der Waals surface area (Å²) in [5, 5.41) is 9.64. The average molecular weight is 172 g/mol. The maximum Gasteiger partial charge on any atom is 0.311 e. The fourth-order valence-corrected chi connectivity index (χ4v) is 1.55. The minimum absolute atomic E-state index is 0.0826. The van der Waals surface area contributed by atoms with Crippen molar-refractivity contribution in [1.82, 2.24) is 0 Å². The molecule has 0 spiro atoms. The quantitative estimate of drug-likeness (QED) is 0.631. The molecule has 1 rings (SSSR count). The number of carbonyl (C=O) groups excluding carboxylic acids is 1. The number of cyclic esters (lactones) is 1. The first-order valence-electron chi connectivity index (χ1n) is 4.51. The molecule has 0 bridgehead atoms. The second-order valence-electron chi connectivity index (χ2n) is 3.49. The highest BCUT2D eigenvalue weighted by atomic mass is 16.5. The van der Waals surface area contributed by atoms with Crippen molar-refractivity contribution in [3.05, 3.63) is 0 Å². The number of aliphatic hydroxyl groups is 1. The average Bonchev–Trinajstić information content (AvgIpc) is 2.06. The SMILES string of the molecule is CCC[C@@H]1C(=O)OC[C@H](C)[C@@H]1O. The van der Waals surface area contributed by atoms with E-state index in [9.17, 15) is 9.90 Å². The second-order valence-corrected chi connectivity index (χ2v) is 3.49. The largest absolute Gasteiger partial charge is 0.465 e. The van der Waals surface area contributed by atoms with Gasteiger partial charge in [-0.15, -0.1) is 0 Å². The van der Waals surface area contributed by atoms with Crippen LogP contribution in [0.25, 0.3) is 0 Å². The fraction of sp³-hybridized carbons (Fsp3) is 0.889. The van der Waals surface area contributed by atoms with Crippen LogP contribution in [0.2, 0.25) is 0 Å². The summed E-state index contributed by atoms with van der Waals surface area (Å²) < 4.78 is 4.93. The van der Waals surface area contributed by atoms with Crippen LogP contribution >= 0.6 is 0 Å². The molecule has 0 saturated carbocycles. The van der Waals surface area contributed by atoms with Gasteiger partial charge < -0.3 is 9.84 Å². The highest BCUT2D eigenvalue weighted by Crippen LogP contribution is 2.24. The Morgan fingerprint density at radius 1 is 1.67 bits per heavy atom. The topological polar surface area (TPSA) is 46.5 Å². The monoisotopic (exact) mass is 172 g/mol. The minimum Gasteiger partial charge on any atom is -0.465 e. The maximum absolute atomic E-state index is 11.2. The lowest BCUT2D eigenvalue weighted by atomic mass is 9.87. The van der Waals surface area contributed by atoms with Crippen LogP contribution in [0, 0.1) is 11.8 Å². The predicted molar refractivity (Wildman–Crippen MR) is 44.5 cm³/mol. The van der Waals surface area contributed by atoms with Gasteiger partial charge in [0.15, 0.2) is 0 Å². The smallest absolute Gasteiger partial charge is 0.311 e. The normalized spacial score (nSPS) is 36.2. The lowest BCUT2D eigenvalue weighted by Gasteiger charge is -2.31. The molecular formula is C9H16O3. The molecule has 3 nitrogen and oxygen atoms in total. The summed E-state index contributed by atoms with van der Waals surface area (Å²) in [5.41, 5.74) is 0. The number of aliphatic hydroxyl groups excluding tert-OH is 1. The van der Waals surface area contributed by atoms with Crippen LogP contribution < -0.4 is 0 Å². The van der Waals surface area contributed by atoms with Gasteiger partial charge in [-0.2, -0.15) is 0 Å². The van der Waals surface area contributed by atoms with Gasteiger partial charge in [-0.25, -0.2) is 0 Å². The van der Waals surface area contributed by atoms with Crippen molar-refractivity contribution in [2.75, 3.05) is 6.61 Å². The Labute approximate surface area is 72.7 Å². The van der Waals surface area contributed by atoms with E-state index in [-0.39, 0.29) is 17.8 Å². The first kappa shape index (κ1) is 9.52. The zero-order chi connectivity index (χ0) is 9.14. The van der Waals surface area contributed by atoms with Crippen LogP contribution in [0.3, 0.4) is 0 Å². The van der Waals surface area contributed by atoms with Gasteiger partial charge in [0, 0.05) is 5.92 Å². The maximum atomic E-state index is 11.2. The van der Waals surface area contributed by atoms with E-state index in [0.717, 1.165) is 12.8 Å². The molecule has 1 aliphatic heterocycles. The van der Waals surface area contributed by atoms with Crippen LogP contribution in [-0.2, 0) is 9.53 Å². The Morgan fingerprint density at radius 2 is 2.33 bits per heavy atom. The van der Waals surface area contributed by atoms with E-state index in [1.807, 2.05) is 13.8 Å². The van der Waals surface area contributed by atoms with Crippen LogP contribution in [0.5, 0.6) is 0 Å². The third-order valence-electron chi connectivity index (χ3n) is 2.39. The van der Waals surface area contributed by atoms with E-state index in [2.05, 4.69) is 0 Å². The molecule has 0 aromatic rings. The van der Waals surface area contributed by atoms with Crippen LogP contribution in [0.15, 0.2) is 0 Å². The summed E-state index contributed by atoms with van der Waals surface area (Å²) >= 11 is 0. The van der Waals surface area contributed by atoms with Gasteiger partial charge in [0.2, 0.25) is 0 Å². The molecule has 3 heteroatoms. The van der Waals surface area contributed by atoms with Gasteiger partial charge in [-0.05, 0) is 6.42 Å². The molecule has 12 heavy (non-hydrogen) atoms. The van der Waals surface area contributed by atoms with Gasteiger partial charge in [0.05, 0.1) is 18.6 Å². The summed E-state index contributed by atoms with van der Waals surface area (Å²) in [6.45, 7) is 4.26. The van der Waals surface area contributed by atoms with Crippen molar-refractivity contribution in [2.45, 2.75) is 32.8 Å². The molecular weight excluding hydrogens is 156 g/mol. The number of esters is 1. The number of hydrogen-bond donors (Lipinski definition) is 1. The first-order chi connectivity index (χ1) is 5.66. The molecule has 1 heterocycles. The lowest BCUT2D eigenvalue weighted by Crippen LogP contribution is -2.42. The van der Waals surface area contributed by atoms with Gasteiger partial charge in [-0.1, -0.05) is 20.3 Å². The second kappa shape index (κ2) is 3.90. The number of rotatable bonds is 2. The molecule has 0 unspecified atom stereocenters. The molecule has 1 N–H and O–H groups in total. The van der Waals surface area contributed by atoms with E-state index in [4.69, 9.17) is 4.74 Å². The molecule has 0 aromatic heterocycles. The first-order valence-corrected chi connectivity index (χ1v) is 4.51. The molecule has 0 amide bonds. The summed E-state index contributed by atoms with van der Waals surface area (Å²) in [5.74, 6) is -0.444. The fourth-order valence-electron chi connectivity index (χ4n) is 1.55. The van der Waals surface area contributed by atoms with Gasteiger partial charge in [0.25, 0.3) is 0 Å². The van der Waals surface area contributed by atoms with Crippen molar-refractivity contribution in [2.24, 2.45) is 11.8 Å². The molecule has 70 valence electrons. The third-order valence-corrected chi connectivity index (χ3v) is 2.39. The van der Waals surface area contributed by atoms with Crippen molar-refractivity contribution in [1.29, 1.82) is 0 Å². The molecule has 1 aliphatic rings. The van der Waals surface area contributed by atoms with Crippen molar-refractivity contribution in [3.8, 4) is 0 Å². The summed E-state index contributed by atoms with van der Waals surface area (Å²) in [4.78, 5) is 11.2. The predicted octanol–water partition coefficient (Wildman–Crippen LogP) is 0.956. The molecule has 1 fully saturated rings. The standard InChI is InChI=1S/C9H16O3/c1-3-4-7-8(10)6(2)5-12-9(7)11/h6-8,10H,3-5H2,1-2H3/t6-,7-,8-/m0/s1. The van der Waals surface area contributed by atoms with Crippen molar-refractivity contribution >= 4 is 5.97 Å². The summed E-state index contributed by atoms with van der Waals surface area (Å²) in [6, 6.07) is 0. The summed E-state index contributed by atoms with van der Waals surface area (Å²) in [7, 11) is 0. The van der Waals surface area contributed by atoms with Crippen LogP contribution in [0.4, 0.5) is 0 Å². The van der Waals surface area contributed by atoms with Gasteiger partial charge in [-0.3, -0.25) is 4.79 Å².